The van der Waals surface area contributed by atoms with E-state index in [2.05, 4.69) is 22.3 Å². The summed E-state index contributed by atoms with van der Waals surface area (Å²) in [7, 11) is 0. The van der Waals surface area contributed by atoms with Gasteiger partial charge in [-0.25, -0.2) is 0 Å². The van der Waals surface area contributed by atoms with Gasteiger partial charge in [0, 0.05) is 23.9 Å². The Morgan fingerprint density at radius 1 is 1.29 bits per heavy atom. The minimum Gasteiger partial charge on any atom is -0.494 e. The number of nitrogens with one attached hydrogen (secondary N) is 1. The van der Waals surface area contributed by atoms with Crippen molar-refractivity contribution < 1.29 is 14.5 Å². The first kappa shape index (κ1) is 19.8. The van der Waals surface area contributed by atoms with E-state index in [1.807, 2.05) is 19.1 Å². The second-order valence-electron chi connectivity index (χ2n) is 6.94. The van der Waals surface area contributed by atoms with Crippen LogP contribution in [-0.2, 0) is 4.79 Å². The average Bonchev–Trinajstić information content (AvgIpc) is 3.12. The van der Waals surface area contributed by atoms with Gasteiger partial charge in [-0.1, -0.05) is 12.1 Å². The lowest BCUT2D eigenvalue weighted by Crippen LogP contribution is -2.33. The molecular formula is C21H25N3O4. The summed E-state index contributed by atoms with van der Waals surface area (Å²) in [5.74, 6) is 0.733. The van der Waals surface area contributed by atoms with Crippen molar-refractivity contribution in [2.75, 3.05) is 25.0 Å². The molecule has 148 valence electrons. The highest BCUT2D eigenvalue weighted by molar-refractivity contribution is 5.93. The lowest BCUT2D eigenvalue weighted by Gasteiger charge is -2.24. The van der Waals surface area contributed by atoms with Gasteiger partial charge in [0.2, 0.25) is 5.91 Å². The van der Waals surface area contributed by atoms with E-state index < -0.39 is 4.92 Å². The predicted molar refractivity (Wildman–Crippen MR) is 108 cm³/mol. The second kappa shape index (κ2) is 8.84. The first-order valence-electron chi connectivity index (χ1n) is 9.49. The van der Waals surface area contributed by atoms with Crippen molar-refractivity contribution >= 4 is 17.3 Å². The van der Waals surface area contributed by atoms with Crippen molar-refractivity contribution in [1.29, 1.82) is 0 Å². The lowest BCUT2D eigenvalue weighted by atomic mass is 10.0. The van der Waals surface area contributed by atoms with Gasteiger partial charge >= 0.3 is 0 Å². The Hall–Kier alpha value is -2.93. The number of hydrogen-bond donors (Lipinski definition) is 1. The first-order chi connectivity index (χ1) is 13.5. The van der Waals surface area contributed by atoms with Crippen molar-refractivity contribution in [2.45, 2.75) is 32.7 Å². The number of aryl methyl sites for hydroxylation is 1. The van der Waals surface area contributed by atoms with Crippen molar-refractivity contribution in [3.05, 3.63) is 63.7 Å². The largest absolute Gasteiger partial charge is 0.494 e. The van der Waals surface area contributed by atoms with E-state index in [-0.39, 0.29) is 24.2 Å². The van der Waals surface area contributed by atoms with Gasteiger partial charge in [-0.3, -0.25) is 19.8 Å². The fourth-order valence-corrected chi connectivity index (χ4v) is 3.62. The molecule has 7 heteroatoms. The zero-order chi connectivity index (χ0) is 20.1. The molecule has 2 aromatic carbocycles. The molecule has 28 heavy (non-hydrogen) atoms. The number of hydrogen-bond acceptors (Lipinski definition) is 5. The van der Waals surface area contributed by atoms with Crippen LogP contribution in [-0.4, -0.2) is 35.4 Å². The van der Waals surface area contributed by atoms with E-state index in [1.54, 1.807) is 13.0 Å². The van der Waals surface area contributed by atoms with Gasteiger partial charge in [-0.05, 0) is 62.6 Å². The maximum atomic E-state index is 12.5. The molecule has 7 nitrogen and oxygen atoms in total. The first-order valence-corrected chi connectivity index (χ1v) is 9.49. The fraction of sp³-hybridized carbons (Fsp3) is 0.381. The van der Waals surface area contributed by atoms with E-state index >= 15 is 0 Å². The quantitative estimate of drug-likeness (QED) is 0.575. The molecule has 0 saturated carbocycles. The molecule has 3 rings (SSSR count). The molecule has 0 bridgehead atoms. The van der Waals surface area contributed by atoms with Crippen molar-refractivity contribution in [2.24, 2.45) is 0 Å². The molecular weight excluding hydrogens is 358 g/mol. The number of carbonyl (C=O) groups excluding carboxylic acids is 1. The van der Waals surface area contributed by atoms with Crippen molar-refractivity contribution in [3.8, 4) is 5.75 Å². The smallest absolute Gasteiger partial charge is 0.269 e. The minimum absolute atomic E-state index is 0.0191. The highest BCUT2D eigenvalue weighted by atomic mass is 16.6. The van der Waals surface area contributed by atoms with Crippen LogP contribution in [0.2, 0.25) is 0 Å². The third kappa shape index (κ3) is 4.67. The van der Waals surface area contributed by atoms with Crippen molar-refractivity contribution in [1.82, 2.24) is 4.90 Å². The summed E-state index contributed by atoms with van der Waals surface area (Å²) in [5, 5.41) is 13.7. The molecule has 1 heterocycles. The van der Waals surface area contributed by atoms with Gasteiger partial charge in [0.25, 0.3) is 5.69 Å². The van der Waals surface area contributed by atoms with Gasteiger partial charge in [0.15, 0.2) is 0 Å². The highest BCUT2D eigenvalue weighted by Gasteiger charge is 2.27. The molecule has 1 atom stereocenters. The number of carbonyl (C=O) groups is 1. The number of nitro benzene ring substituents is 1. The summed E-state index contributed by atoms with van der Waals surface area (Å²) in [6.45, 7) is 5.50. The van der Waals surface area contributed by atoms with Gasteiger partial charge in [0.05, 0.1) is 18.1 Å². The van der Waals surface area contributed by atoms with E-state index in [0.717, 1.165) is 25.1 Å². The standard InChI is InChI=1S/C21H25N3O4/c1-3-28-18-9-6-16(7-10-18)20-5-4-12-23(20)14-21(25)22-19-11-8-17(24(26)27)13-15(19)2/h6-11,13,20H,3-5,12,14H2,1-2H3,(H,22,25). The number of benzene rings is 2. The van der Waals surface area contributed by atoms with Crippen LogP contribution in [0, 0.1) is 17.0 Å². The second-order valence-corrected chi connectivity index (χ2v) is 6.94. The molecule has 1 aliphatic rings. The zero-order valence-electron chi connectivity index (χ0n) is 16.2. The Bertz CT molecular complexity index is 851. The SMILES string of the molecule is CCOc1ccc(C2CCCN2CC(=O)Nc2ccc([N+](=O)[O-])cc2C)cc1. The molecule has 1 fully saturated rings. The van der Waals surface area contributed by atoms with Gasteiger partial charge in [-0.2, -0.15) is 0 Å². The van der Waals surface area contributed by atoms with E-state index in [0.29, 0.717) is 17.9 Å². The molecule has 0 spiro atoms. The monoisotopic (exact) mass is 383 g/mol. The number of non-ortho nitro benzene ring substituents is 1. The molecule has 1 saturated heterocycles. The molecule has 1 aliphatic heterocycles. The Balaban J connectivity index is 1.63. The van der Waals surface area contributed by atoms with Gasteiger partial charge in [0.1, 0.15) is 5.75 Å². The molecule has 1 N–H and O–H groups in total. The van der Waals surface area contributed by atoms with Crippen LogP contribution < -0.4 is 10.1 Å². The number of anilines is 1. The zero-order valence-corrected chi connectivity index (χ0v) is 16.2. The number of likely N-dealkylation sites (tertiary alicyclic amines) is 1. The molecule has 0 radical (unpaired) electrons. The van der Waals surface area contributed by atoms with E-state index in [4.69, 9.17) is 4.74 Å². The molecule has 0 aliphatic carbocycles. The Labute approximate surface area is 164 Å². The van der Waals surface area contributed by atoms with Gasteiger partial charge < -0.3 is 10.1 Å². The van der Waals surface area contributed by atoms with Crippen LogP contribution in [0.4, 0.5) is 11.4 Å². The van der Waals surface area contributed by atoms with Crippen LogP contribution in [0.25, 0.3) is 0 Å². The summed E-state index contributed by atoms with van der Waals surface area (Å²) in [6.07, 6.45) is 2.06. The molecule has 1 amide bonds. The number of rotatable bonds is 7. The maximum absolute atomic E-state index is 12.5. The number of nitrogens with zero attached hydrogens (tertiary/aromatic N) is 2. The third-order valence-corrected chi connectivity index (χ3v) is 4.98. The Morgan fingerprint density at radius 2 is 2.04 bits per heavy atom. The van der Waals surface area contributed by atoms with Gasteiger partial charge in [-0.15, -0.1) is 0 Å². The normalized spacial score (nSPS) is 16.7. The summed E-state index contributed by atoms with van der Waals surface area (Å²) in [4.78, 5) is 25.1. The number of nitro groups is 1. The summed E-state index contributed by atoms with van der Waals surface area (Å²) in [6, 6.07) is 12.7. The number of ether oxygens (including phenoxy) is 1. The minimum atomic E-state index is -0.440. The highest BCUT2D eigenvalue weighted by Crippen LogP contribution is 2.32. The summed E-state index contributed by atoms with van der Waals surface area (Å²) in [5.41, 5.74) is 2.48. The Kier molecular flexibility index (Phi) is 6.26. The molecule has 0 aromatic heterocycles. The van der Waals surface area contributed by atoms with Crippen LogP contribution >= 0.6 is 0 Å². The van der Waals surface area contributed by atoms with E-state index in [9.17, 15) is 14.9 Å². The summed E-state index contributed by atoms with van der Waals surface area (Å²) >= 11 is 0. The van der Waals surface area contributed by atoms with Crippen LogP contribution in [0.15, 0.2) is 42.5 Å². The Morgan fingerprint density at radius 3 is 2.68 bits per heavy atom. The molecule has 1 unspecified atom stereocenters. The summed E-state index contributed by atoms with van der Waals surface area (Å²) < 4.78 is 5.50. The van der Waals surface area contributed by atoms with Crippen LogP contribution in [0.5, 0.6) is 5.75 Å². The predicted octanol–water partition coefficient (Wildman–Crippen LogP) is 4.08. The van der Waals surface area contributed by atoms with E-state index in [1.165, 1.54) is 17.7 Å². The third-order valence-electron chi connectivity index (χ3n) is 4.98. The average molecular weight is 383 g/mol. The van der Waals surface area contributed by atoms with Crippen molar-refractivity contribution in [3.63, 3.8) is 0 Å². The fourth-order valence-electron chi connectivity index (χ4n) is 3.62. The van der Waals surface area contributed by atoms with Crippen LogP contribution in [0.3, 0.4) is 0 Å². The maximum Gasteiger partial charge on any atom is 0.269 e. The van der Waals surface area contributed by atoms with Crippen LogP contribution in [0.1, 0.15) is 36.9 Å². The topological polar surface area (TPSA) is 84.7 Å². The lowest BCUT2D eigenvalue weighted by molar-refractivity contribution is -0.384. The molecule has 2 aromatic rings. The number of amides is 1.